The van der Waals surface area contributed by atoms with Gasteiger partial charge in [0.25, 0.3) is 5.91 Å². The molecule has 5 nitrogen and oxygen atoms in total. The van der Waals surface area contributed by atoms with E-state index in [1.165, 1.54) is 11.3 Å². The summed E-state index contributed by atoms with van der Waals surface area (Å²) in [6.07, 6.45) is 5.99. The predicted molar refractivity (Wildman–Crippen MR) is 128 cm³/mol. The summed E-state index contributed by atoms with van der Waals surface area (Å²) in [6.45, 7) is 2.69. The molecule has 7 heteroatoms. The molecule has 0 aliphatic rings. The topological polar surface area (TPSA) is 75.0 Å². The SMILES string of the molecule is CCCCOc1ccccc1/C=C(\C#N)C(=O)Nc1ncc(Cc2ccc(Br)cc2)s1. The minimum atomic E-state index is -0.490. The van der Waals surface area contributed by atoms with Crippen molar-refractivity contribution in [2.75, 3.05) is 11.9 Å². The molecule has 0 spiro atoms. The van der Waals surface area contributed by atoms with E-state index in [2.05, 4.69) is 33.2 Å². The first kappa shape index (κ1) is 22.7. The zero-order chi connectivity index (χ0) is 22.1. The monoisotopic (exact) mass is 495 g/mol. The van der Waals surface area contributed by atoms with E-state index < -0.39 is 5.91 Å². The average molecular weight is 496 g/mol. The maximum atomic E-state index is 12.6. The van der Waals surface area contributed by atoms with Crippen molar-refractivity contribution in [1.82, 2.24) is 4.98 Å². The van der Waals surface area contributed by atoms with Gasteiger partial charge in [-0.05, 0) is 36.3 Å². The molecule has 1 amide bonds. The third-order valence-corrected chi connectivity index (χ3v) is 5.85. The van der Waals surface area contributed by atoms with Crippen LogP contribution in [0.1, 0.15) is 35.8 Å². The number of unbranched alkanes of at least 4 members (excludes halogenated alkanes) is 1. The van der Waals surface area contributed by atoms with Crippen molar-refractivity contribution < 1.29 is 9.53 Å². The highest BCUT2D eigenvalue weighted by Gasteiger charge is 2.13. The molecular weight excluding hydrogens is 474 g/mol. The van der Waals surface area contributed by atoms with Crippen molar-refractivity contribution in [3.8, 4) is 11.8 Å². The number of aromatic nitrogens is 1. The number of para-hydroxylation sites is 1. The number of nitrogens with zero attached hydrogens (tertiary/aromatic N) is 2. The van der Waals surface area contributed by atoms with Crippen molar-refractivity contribution in [3.05, 3.63) is 80.8 Å². The third-order valence-electron chi connectivity index (χ3n) is 4.41. The van der Waals surface area contributed by atoms with E-state index >= 15 is 0 Å². The largest absolute Gasteiger partial charge is 0.493 e. The lowest BCUT2D eigenvalue weighted by molar-refractivity contribution is -0.112. The van der Waals surface area contributed by atoms with Crippen LogP contribution in [0.15, 0.2) is 64.8 Å². The molecule has 0 saturated carbocycles. The highest BCUT2D eigenvalue weighted by atomic mass is 79.9. The van der Waals surface area contributed by atoms with Gasteiger partial charge in [-0.2, -0.15) is 5.26 Å². The highest BCUT2D eigenvalue weighted by molar-refractivity contribution is 9.10. The van der Waals surface area contributed by atoms with E-state index in [1.807, 2.05) is 54.6 Å². The summed E-state index contributed by atoms with van der Waals surface area (Å²) < 4.78 is 6.82. The Bertz CT molecular complexity index is 1100. The number of hydrogen-bond acceptors (Lipinski definition) is 5. The number of benzene rings is 2. The average Bonchev–Trinajstić information content (AvgIpc) is 3.21. The standard InChI is InChI=1S/C24H22BrN3O2S/c1-2-3-12-30-22-7-5-4-6-18(22)14-19(15-26)23(29)28-24-27-16-21(31-24)13-17-8-10-20(25)11-9-17/h4-11,14,16H,2-3,12-13H2,1H3,(H,27,28,29)/b19-14+. The van der Waals surface area contributed by atoms with Crippen LogP contribution in [0.25, 0.3) is 6.08 Å². The molecule has 1 N–H and O–H groups in total. The molecule has 0 atom stereocenters. The highest BCUT2D eigenvalue weighted by Crippen LogP contribution is 2.24. The number of rotatable bonds is 9. The molecule has 0 fully saturated rings. The second kappa shape index (κ2) is 11.4. The van der Waals surface area contributed by atoms with Crippen molar-refractivity contribution >= 4 is 44.4 Å². The van der Waals surface area contributed by atoms with E-state index in [1.54, 1.807) is 12.3 Å². The first-order chi connectivity index (χ1) is 15.1. The molecule has 31 heavy (non-hydrogen) atoms. The molecule has 2 aromatic carbocycles. The van der Waals surface area contributed by atoms with Gasteiger partial charge in [0.1, 0.15) is 17.4 Å². The van der Waals surface area contributed by atoms with Crippen molar-refractivity contribution in [3.63, 3.8) is 0 Å². The van der Waals surface area contributed by atoms with E-state index in [4.69, 9.17) is 4.74 Å². The lowest BCUT2D eigenvalue weighted by Crippen LogP contribution is -2.13. The van der Waals surface area contributed by atoms with E-state index in [0.717, 1.165) is 34.2 Å². The van der Waals surface area contributed by atoms with Gasteiger partial charge in [0.15, 0.2) is 5.13 Å². The molecule has 0 unspecified atom stereocenters. The number of halogens is 1. The molecule has 0 radical (unpaired) electrons. The molecule has 3 rings (SSSR count). The molecule has 1 aromatic heterocycles. The van der Waals surface area contributed by atoms with E-state index in [-0.39, 0.29) is 5.57 Å². The Morgan fingerprint density at radius 1 is 1.26 bits per heavy atom. The molecule has 3 aromatic rings. The lowest BCUT2D eigenvalue weighted by Gasteiger charge is -2.09. The summed E-state index contributed by atoms with van der Waals surface area (Å²) in [5, 5.41) is 12.7. The second-order valence-corrected chi connectivity index (χ2v) is 8.83. The van der Waals surface area contributed by atoms with Crippen LogP contribution in [0.5, 0.6) is 5.75 Å². The van der Waals surface area contributed by atoms with Crippen LogP contribution < -0.4 is 10.1 Å². The van der Waals surface area contributed by atoms with Crippen LogP contribution in [-0.2, 0) is 11.2 Å². The summed E-state index contributed by atoms with van der Waals surface area (Å²) in [6, 6.07) is 17.4. The van der Waals surface area contributed by atoms with Gasteiger partial charge >= 0.3 is 0 Å². The first-order valence-corrected chi connectivity index (χ1v) is 11.5. The van der Waals surface area contributed by atoms with Crippen LogP contribution in [0.4, 0.5) is 5.13 Å². The van der Waals surface area contributed by atoms with E-state index in [9.17, 15) is 10.1 Å². The fourth-order valence-electron chi connectivity index (χ4n) is 2.78. The maximum absolute atomic E-state index is 12.6. The van der Waals surface area contributed by atoms with Gasteiger partial charge in [0, 0.05) is 27.5 Å². The number of ether oxygens (including phenoxy) is 1. The Balaban J connectivity index is 1.69. The molecule has 0 saturated heterocycles. The summed E-state index contributed by atoms with van der Waals surface area (Å²) in [5.74, 6) is 0.165. The van der Waals surface area contributed by atoms with Crippen molar-refractivity contribution in [2.45, 2.75) is 26.2 Å². The summed E-state index contributed by atoms with van der Waals surface area (Å²) in [7, 11) is 0. The predicted octanol–water partition coefficient (Wildman–Crippen LogP) is 6.22. The minimum absolute atomic E-state index is 0.00352. The summed E-state index contributed by atoms with van der Waals surface area (Å²) in [5.41, 5.74) is 1.85. The number of thiazole rings is 1. The fourth-order valence-corrected chi connectivity index (χ4v) is 3.88. The van der Waals surface area contributed by atoms with Crippen LogP contribution in [0.2, 0.25) is 0 Å². The Morgan fingerprint density at radius 2 is 2.03 bits per heavy atom. The van der Waals surface area contributed by atoms with Gasteiger partial charge < -0.3 is 4.74 Å². The van der Waals surface area contributed by atoms with Gasteiger partial charge in [0.2, 0.25) is 0 Å². The Kier molecular flexibility index (Phi) is 8.39. The Hall–Kier alpha value is -2.95. The number of carbonyl (C=O) groups excluding carboxylic acids is 1. The van der Waals surface area contributed by atoms with Gasteiger partial charge in [-0.3, -0.25) is 10.1 Å². The molecule has 0 aliphatic carbocycles. The number of carbonyl (C=O) groups is 1. The third kappa shape index (κ3) is 6.78. The quantitative estimate of drug-likeness (QED) is 0.217. The van der Waals surface area contributed by atoms with Gasteiger partial charge in [-0.25, -0.2) is 4.98 Å². The Morgan fingerprint density at radius 3 is 2.77 bits per heavy atom. The zero-order valence-corrected chi connectivity index (χ0v) is 19.5. The molecule has 0 bridgehead atoms. The number of nitriles is 1. The van der Waals surface area contributed by atoms with Crippen LogP contribution in [-0.4, -0.2) is 17.5 Å². The molecule has 1 heterocycles. The van der Waals surface area contributed by atoms with Gasteiger partial charge in [0.05, 0.1) is 6.61 Å². The summed E-state index contributed by atoms with van der Waals surface area (Å²) >= 11 is 4.82. The van der Waals surface area contributed by atoms with Crippen LogP contribution >= 0.6 is 27.3 Å². The smallest absolute Gasteiger partial charge is 0.268 e. The van der Waals surface area contributed by atoms with Gasteiger partial charge in [-0.15, -0.1) is 11.3 Å². The fraction of sp³-hybridized carbons (Fsp3) is 0.208. The normalized spacial score (nSPS) is 11.1. The second-order valence-electron chi connectivity index (χ2n) is 6.80. The summed E-state index contributed by atoms with van der Waals surface area (Å²) in [4.78, 5) is 17.9. The number of anilines is 1. The molecule has 0 aliphatic heterocycles. The van der Waals surface area contributed by atoms with Crippen molar-refractivity contribution in [2.24, 2.45) is 0 Å². The van der Waals surface area contributed by atoms with E-state index in [0.29, 0.717) is 23.1 Å². The van der Waals surface area contributed by atoms with Crippen molar-refractivity contribution in [1.29, 1.82) is 5.26 Å². The van der Waals surface area contributed by atoms with Crippen LogP contribution in [0.3, 0.4) is 0 Å². The van der Waals surface area contributed by atoms with Gasteiger partial charge in [-0.1, -0.05) is 59.6 Å². The molecule has 158 valence electrons. The minimum Gasteiger partial charge on any atom is -0.493 e. The first-order valence-electron chi connectivity index (χ1n) is 9.93. The lowest BCUT2D eigenvalue weighted by atomic mass is 10.1. The number of hydrogen-bond donors (Lipinski definition) is 1. The number of nitrogens with one attached hydrogen (secondary N) is 1. The number of amides is 1. The molecular formula is C24H22BrN3O2S. The maximum Gasteiger partial charge on any atom is 0.268 e. The zero-order valence-electron chi connectivity index (χ0n) is 17.1. The van der Waals surface area contributed by atoms with Crippen LogP contribution in [0, 0.1) is 11.3 Å². The Labute approximate surface area is 194 Å².